The van der Waals surface area contributed by atoms with E-state index in [1.54, 1.807) is 0 Å². The molecule has 1 atom stereocenters. The molecule has 0 aliphatic carbocycles. The minimum absolute atomic E-state index is 0.524. The highest BCUT2D eigenvalue weighted by atomic mass is 31.1. The summed E-state index contributed by atoms with van der Waals surface area (Å²) >= 11 is 0. The lowest BCUT2D eigenvalue weighted by molar-refractivity contribution is 0.267. The number of hydrogen-bond acceptors (Lipinski definition) is 2. The predicted octanol–water partition coefficient (Wildman–Crippen LogP) is 3.04. The first kappa shape index (κ1) is 12.3. The van der Waals surface area contributed by atoms with E-state index in [4.69, 9.17) is 4.52 Å². The highest BCUT2D eigenvalue weighted by molar-refractivity contribution is 7.29. The van der Waals surface area contributed by atoms with Gasteiger partial charge < -0.3 is 4.52 Å². The summed E-state index contributed by atoms with van der Waals surface area (Å²) in [6.45, 7) is 11.9. The van der Waals surface area contributed by atoms with Crippen LogP contribution in [0.1, 0.15) is 41.0 Å². The van der Waals surface area contributed by atoms with Gasteiger partial charge >= 0.3 is 0 Å². The van der Waals surface area contributed by atoms with Crippen LogP contribution in [0.4, 0.5) is 0 Å². The maximum absolute atomic E-state index is 5.52. The van der Waals surface area contributed by atoms with Crippen LogP contribution in [0.5, 0.6) is 0 Å². The molecule has 1 unspecified atom stereocenters. The van der Waals surface area contributed by atoms with Crippen LogP contribution >= 0.6 is 8.96 Å². The van der Waals surface area contributed by atoms with Gasteiger partial charge in [-0.05, 0) is 34.1 Å². The maximum Gasteiger partial charge on any atom is 0.0893 e. The van der Waals surface area contributed by atoms with Crippen molar-refractivity contribution < 1.29 is 4.52 Å². The summed E-state index contributed by atoms with van der Waals surface area (Å²) in [6.07, 6.45) is 1.11. The summed E-state index contributed by atoms with van der Waals surface area (Å²) in [5.41, 5.74) is 0. The Labute approximate surface area is 78.6 Å². The predicted molar refractivity (Wildman–Crippen MR) is 56.7 cm³/mol. The van der Waals surface area contributed by atoms with Crippen molar-refractivity contribution >= 4 is 8.96 Å². The summed E-state index contributed by atoms with van der Waals surface area (Å²) in [6, 6.07) is 1.17. The van der Waals surface area contributed by atoms with Gasteiger partial charge in [0.05, 0.1) is 15.6 Å². The first-order valence-electron chi connectivity index (χ1n) is 4.75. The van der Waals surface area contributed by atoms with Gasteiger partial charge in [-0.3, -0.25) is 4.67 Å². The fourth-order valence-corrected chi connectivity index (χ4v) is 1.90. The Morgan fingerprint density at radius 1 is 1.17 bits per heavy atom. The molecule has 2 nitrogen and oxygen atoms in total. The van der Waals surface area contributed by atoms with E-state index in [1.807, 2.05) is 0 Å². The zero-order chi connectivity index (χ0) is 9.56. The molecular weight excluding hydrogens is 169 g/mol. The molecule has 0 saturated heterocycles. The first-order chi connectivity index (χ1) is 5.59. The molecule has 0 N–H and O–H groups in total. The number of rotatable bonds is 6. The topological polar surface area (TPSA) is 12.5 Å². The summed E-state index contributed by atoms with van der Waals surface area (Å²) in [5.74, 6) is 0. The molecule has 0 fully saturated rings. The van der Waals surface area contributed by atoms with Crippen molar-refractivity contribution in [2.24, 2.45) is 0 Å². The summed E-state index contributed by atoms with van der Waals surface area (Å²) in [4.78, 5) is 0. The standard InChI is InChI=1S/C9H22NOP/c1-6-7-11-12-10(8(2)3)9(4)5/h8-9,12H,6-7H2,1-5H3. The highest BCUT2D eigenvalue weighted by Crippen LogP contribution is 2.25. The van der Waals surface area contributed by atoms with Crippen molar-refractivity contribution in [2.75, 3.05) is 6.61 Å². The van der Waals surface area contributed by atoms with E-state index in [9.17, 15) is 0 Å². The Morgan fingerprint density at radius 3 is 2.00 bits per heavy atom. The van der Waals surface area contributed by atoms with Crippen molar-refractivity contribution in [3.8, 4) is 0 Å². The second-order valence-corrected chi connectivity index (χ2v) is 4.52. The van der Waals surface area contributed by atoms with Gasteiger partial charge in [-0.1, -0.05) is 6.92 Å². The average Bonchev–Trinajstić information content (AvgIpc) is 1.96. The Hall–Kier alpha value is 0.350. The average molecular weight is 191 g/mol. The molecule has 0 bridgehead atoms. The van der Waals surface area contributed by atoms with Gasteiger partial charge in [-0.2, -0.15) is 0 Å². The van der Waals surface area contributed by atoms with Gasteiger partial charge in [0.25, 0.3) is 0 Å². The van der Waals surface area contributed by atoms with Gasteiger partial charge in [-0.15, -0.1) is 0 Å². The molecule has 12 heavy (non-hydrogen) atoms. The molecule has 0 saturated carbocycles. The van der Waals surface area contributed by atoms with Crippen LogP contribution in [0.15, 0.2) is 0 Å². The lowest BCUT2D eigenvalue weighted by atomic mass is 10.3. The van der Waals surface area contributed by atoms with Crippen LogP contribution in [0.25, 0.3) is 0 Å². The Bertz CT molecular complexity index is 98.7. The Morgan fingerprint density at radius 2 is 1.67 bits per heavy atom. The van der Waals surface area contributed by atoms with E-state index < -0.39 is 0 Å². The molecule has 0 aliphatic rings. The van der Waals surface area contributed by atoms with E-state index in [2.05, 4.69) is 39.3 Å². The van der Waals surface area contributed by atoms with Crippen LogP contribution in [0, 0.1) is 0 Å². The maximum atomic E-state index is 5.52. The molecule has 0 spiro atoms. The number of nitrogens with zero attached hydrogens (tertiary/aromatic N) is 1. The third-order valence-electron chi connectivity index (χ3n) is 1.59. The second kappa shape index (κ2) is 6.82. The first-order valence-corrected chi connectivity index (χ1v) is 5.60. The van der Waals surface area contributed by atoms with Gasteiger partial charge in [0.1, 0.15) is 0 Å². The Balaban J connectivity index is 3.64. The van der Waals surface area contributed by atoms with E-state index >= 15 is 0 Å². The van der Waals surface area contributed by atoms with E-state index in [1.165, 1.54) is 0 Å². The molecule has 0 radical (unpaired) electrons. The molecule has 3 heteroatoms. The quantitative estimate of drug-likeness (QED) is 0.472. The van der Waals surface area contributed by atoms with Crippen molar-refractivity contribution in [3.63, 3.8) is 0 Å². The zero-order valence-corrected chi connectivity index (χ0v) is 9.92. The van der Waals surface area contributed by atoms with Gasteiger partial charge in [0.15, 0.2) is 0 Å². The minimum Gasteiger partial charge on any atom is -0.346 e. The normalized spacial score (nSPS) is 13.0. The van der Waals surface area contributed by atoms with Crippen LogP contribution < -0.4 is 0 Å². The van der Waals surface area contributed by atoms with Gasteiger partial charge in [0.2, 0.25) is 0 Å². The summed E-state index contributed by atoms with van der Waals surface area (Å²) in [7, 11) is 0.524. The third-order valence-corrected chi connectivity index (χ3v) is 3.17. The van der Waals surface area contributed by atoms with Crippen molar-refractivity contribution in [3.05, 3.63) is 0 Å². The lowest BCUT2D eigenvalue weighted by Gasteiger charge is -2.29. The highest BCUT2D eigenvalue weighted by Gasteiger charge is 2.12. The monoisotopic (exact) mass is 191 g/mol. The molecular formula is C9H22NOP. The smallest absolute Gasteiger partial charge is 0.0893 e. The fourth-order valence-electron chi connectivity index (χ4n) is 1.03. The molecule has 0 heterocycles. The van der Waals surface area contributed by atoms with Crippen LogP contribution in [-0.4, -0.2) is 23.4 Å². The largest absolute Gasteiger partial charge is 0.346 e. The molecule has 0 aromatic rings. The van der Waals surface area contributed by atoms with Crippen LogP contribution in [0.3, 0.4) is 0 Å². The third kappa shape index (κ3) is 5.08. The SMILES string of the molecule is CCCOPN(C(C)C)C(C)C. The molecule has 0 amide bonds. The van der Waals surface area contributed by atoms with Crippen LogP contribution in [-0.2, 0) is 4.52 Å². The van der Waals surface area contributed by atoms with E-state index in [0.717, 1.165) is 13.0 Å². The lowest BCUT2D eigenvalue weighted by Crippen LogP contribution is -2.29. The molecule has 74 valence electrons. The van der Waals surface area contributed by atoms with Gasteiger partial charge in [-0.25, -0.2) is 0 Å². The summed E-state index contributed by atoms with van der Waals surface area (Å²) < 4.78 is 7.89. The molecule has 0 aromatic heterocycles. The van der Waals surface area contributed by atoms with Crippen molar-refractivity contribution in [1.82, 2.24) is 4.67 Å². The van der Waals surface area contributed by atoms with E-state index in [-0.39, 0.29) is 0 Å². The minimum atomic E-state index is 0.524. The molecule has 0 rings (SSSR count). The summed E-state index contributed by atoms with van der Waals surface area (Å²) in [5, 5.41) is 0. The van der Waals surface area contributed by atoms with Gasteiger partial charge in [0, 0.05) is 12.1 Å². The fraction of sp³-hybridized carbons (Fsp3) is 1.00. The van der Waals surface area contributed by atoms with E-state index in [0.29, 0.717) is 21.0 Å². The van der Waals surface area contributed by atoms with Crippen molar-refractivity contribution in [2.45, 2.75) is 53.1 Å². The molecule has 0 aliphatic heterocycles. The van der Waals surface area contributed by atoms with Crippen molar-refractivity contribution in [1.29, 1.82) is 0 Å². The van der Waals surface area contributed by atoms with Crippen LogP contribution in [0.2, 0.25) is 0 Å². The number of hydrogen-bond donors (Lipinski definition) is 0. The second-order valence-electron chi connectivity index (χ2n) is 3.53. The zero-order valence-electron chi connectivity index (χ0n) is 8.92. The molecule has 0 aromatic carbocycles. The Kier molecular flexibility index (Phi) is 7.02.